The summed E-state index contributed by atoms with van der Waals surface area (Å²) in [6.07, 6.45) is 3.02. The zero-order valence-corrected chi connectivity index (χ0v) is 11.4. The maximum atomic E-state index is 12.3. The summed E-state index contributed by atoms with van der Waals surface area (Å²) in [5.41, 5.74) is 2.55. The third-order valence-electron chi connectivity index (χ3n) is 4.24. The van der Waals surface area contributed by atoms with Crippen LogP contribution in [0.5, 0.6) is 0 Å². The highest BCUT2D eigenvalue weighted by Gasteiger charge is 2.35. The van der Waals surface area contributed by atoms with Crippen LogP contribution < -0.4 is 0 Å². The fourth-order valence-corrected chi connectivity index (χ4v) is 3.53. The van der Waals surface area contributed by atoms with E-state index in [0.29, 0.717) is 11.3 Å². The maximum Gasteiger partial charge on any atom is 0.230 e. The van der Waals surface area contributed by atoms with Crippen molar-refractivity contribution in [1.29, 1.82) is 0 Å². The number of benzene rings is 1. The molecule has 0 bridgehead atoms. The largest absolute Gasteiger partial charge is 0.345 e. The normalized spacial score (nSPS) is 28.9. The average Bonchev–Trinajstić information content (AvgIpc) is 2.28. The van der Waals surface area contributed by atoms with E-state index in [2.05, 4.69) is 12.1 Å². The molecule has 96 valence electrons. The van der Waals surface area contributed by atoms with E-state index in [-0.39, 0.29) is 11.8 Å². The molecule has 1 aromatic rings. The summed E-state index contributed by atoms with van der Waals surface area (Å²) in [5, 5.41) is 0.336. The van der Waals surface area contributed by atoms with E-state index in [9.17, 15) is 4.79 Å². The van der Waals surface area contributed by atoms with Crippen LogP contribution in [0, 0.1) is 5.92 Å². The molecular formula is C15H18ClNO. The van der Waals surface area contributed by atoms with E-state index in [1.807, 2.05) is 24.1 Å². The van der Waals surface area contributed by atoms with E-state index in [0.717, 1.165) is 25.8 Å². The predicted molar refractivity (Wildman–Crippen MR) is 72.9 cm³/mol. The number of hydrogen-bond donors (Lipinski definition) is 0. The molecule has 3 heteroatoms. The van der Waals surface area contributed by atoms with Gasteiger partial charge in [-0.3, -0.25) is 4.79 Å². The van der Waals surface area contributed by atoms with E-state index in [4.69, 9.17) is 11.6 Å². The van der Waals surface area contributed by atoms with Crippen molar-refractivity contribution >= 4 is 17.5 Å². The van der Waals surface area contributed by atoms with Gasteiger partial charge in [-0.1, -0.05) is 24.3 Å². The molecule has 0 radical (unpaired) electrons. The van der Waals surface area contributed by atoms with Crippen molar-refractivity contribution in [3.05, 3.63) is 35.4 Å². The van der Waals surface area contributed by atoms with Gasteiger partial charge < -0.3 is 4.90 Å². The van der Waals surface area contributed by atoms with Crippen molar-refractivity contribution < 1.29 is 4.79 Å². The lowest BCUT2D eigenvalue weighted by molar-refractivity contribution is -0.133. The van der Waals surface area contributed by atoms with Gasteiger partial charge in [0.2, 0.25) is 5.91 Å². The van der Waals surface area contributed by atoms with Gasteiger partial charge in [0.1, 0.15) is 0 Å². The van der Waals surface area contributed by atoms with Gasteiger partial charge in [0.25, 0.3) is 0 Å². The van der Waals surface area contributed by atoms with Gasteiger partial charge in [0.15, 0.2) is 0 Å². The van der Waals surface area contributed by atoms with Crippen LogP contribution in [0.25, 0.3) is 0 Å². The molecule has 1 amide bonds. The molecule has 1 aromatic carbocycles. The molecule has 0 saturated heterocycles. The molecule has 0 aliphatic heterocycles. The molecule has 3 rings (SSSR count). The minimum atomic E-state index is 0.0954. The third-order valence-corrected chi connectivity index (χ3v) is 4.60. The van der Waals surface area contributed by atoms with Gasteiger partial charge in [-0.2, -0.15) is 0 Å². The van der Waals surface area contributed by atoms with Crippen LogP contribution in [-0.4, -0.2) is 29.8 Å². The van der Waals surface area contributed by atoms with Gasteiger partial charge in [-0.05, 0) is 36.3 Å². The van der Waals surface area contributed by atoms with Crippen LogP contribution in [0.4, 0.5) is 0 Å². The van der Waals surface area contributed by atoms with Gasteiger partial charge >= 0.3 is 0 Å². The molecule has 2 aliphatic rings. The number of nitrogens with zero attached hydrogens (tertiary/aromatic N) is 1. The zero-order valence-electron chi connectivity index (χ0n) is 10.6. The Labute approximate surface area is 113 Å². The summed E-state index contributed by atoms with van der Waals surface area (Å²) in [7, 11) is 1.92. The van der Waals surface area contributed by atoms with Crippen LogP contribution in [0.1, 0.15) is 29.9 Å². The predicted octanol–water partition coefficient (Wildman–Crippen LogP) is 2.80. The van der Waals surface area contributed by atoms with Crippen LogP contribution in [0.2, 0.25) is 0 Å². The number of likely N-dealkylation sites (N-methyl/N-ethyl adjacent to an activating group) is 1. The Morgan fingerprint density at radius 1 is 1.39 bits per heavy atom. The Morgan fingerprint density at radius 3 is 2.78 bits per heavy atom. The van der Waals surface area contributed by atoms with E-state index in [1.165, 1.54) is 11.1 Å². The molecule has 1 unspecified atom stereocenters. The highest BCUT2D eigenvalue weighted by Crippen LogP contribution is 2.37. The summed E-state index contributed by atoms with van der Waals surface area (Å²) in [4.78, 5) is 14.2. The lowest BCUT2D eigenvalue weighted by Crippen LogP contribution is -2.42. The molecular weight excluding hydrogens is 246 g/mol. The van der Waals surface area contributed by atoms with Gasteiger partial charge in [-0.25, -0.2) is 0 Å². The lowest BCUT2D eigenvalue weighted by Gasteiger charge is -2.37. The molecule has 2 nitrogen and oxygen atoms in total. The van der Waals surface area contributed by atoms with Crippen molar-refractivity contribution in [2.75, 3.05) is 13.6 Å². The van der Waals surface area contributed by atoms with Crippen LogP contribution >= 0.6 is 11.6 Å². The Kier molecular flexibility index (Phi) is 3.06. The fraction of sp³-hybridized carbons (Fsp3) is 0.533. The first-order chi connectivity index (χ1) is 8.65. The quantitative estimate of drug-likeness (QED) is 0.768. The molecule has 0 heterocycles. The van der Waals surface area contributed by atoms with E-state index >= 15 is 0 Å². The number of rotatable bonds is 3. The van der Waals surface area contributed by atoms with Gasteiger partial charge in [0.05, 0.1) is 5.92 Å². The minimum Gasteiger partial charge on any atom is -0.345 e. The molecule has 0 aromatic heterocycles. The van der Waals surface area contributed by atoms with Crippen molar-refractivity contribution in [3.8, 4) is 0 Å². The first-order valence-corrected chi connectivity index (χ1v) is 7.05. The second-order valence-corrected chi connectivity index (χ2v) is 6.23. The first kappa shape index (κ1) is 12.0. The van der Waals surface area contributed by atoms with Gasteiger partial charge in [-0.15, -0.1) is 11.6 Å². The monoisotopic (exact) mass is 263 g/mol. The third kappa shape index (κ3) is 2.03. The number of carbonyl (C=O) groups excluding carboxylic acids is 1. The number of carbonyl (C=O) groups is 1. The summed E-state index contributed by atoms with van der Waals surface area (Å²) >= 11 is 5.97. The molecule has 0 spiro atoms. The lowest BCUT2D eigenvalue weighted by atomic mass is 9.76. The second kappa shape index (κ2) is 4.58. The first-order valence-electron chi connectivity index (χ1n) is 6.62. The molecule has 2 aliphatic carbocycles. The van der Waals surface area contributed by atoms with Gasteiger partial charge in [0, 0.05) is 19.0 Å². The van der Waals surface area contributed by atoms with Crippen molar-refractivity contribution in [1.82, 2.24) is 4.90 Å². The molecule has 1 atom stereocenters. The number of halogens is 1. The number of fused-ring (bicyclic) bond motifs is 1. The molecule has 18 heavy (non-hydrogen) atoms. The number of hydrogen-bond acceptors (Lipinski definition) is 1. The minimum absolute atomic E-state index is 0.0954. The molecule has 1 fully saturated rings. The Morgan fingerprint density at radius 2 is 2.11 bits per heavy atom. The second-order valence-electron chi connectivity index (χ2n) is 5.61. The standard InChI is InChI=1S/C15H18ClNO/c1-17(9-10-6-12(16)7-10)15(18)14-8-11-4-2-3-5-13(11)14/h2-5,10,12,14H,6-9H2,1H3. The number of amides is 1. The van der Waals surface area contributed by atoms with Crippen LogP contribution in [0.15, 0.2) is 24.3 Å². The maximum absolute atomic E-state index is 12.3. The SMILES string of the molecule is CN(CC1CC(Cl)C1)C(=O)C1Cc2ccccc21. The summed E-state index contributed by atoms with van der Waals surface area (Å²) in [5.74, 6) is 0.974. The summed E-state index contributed by atoms with van der Waals surface area (Å²) in [6, 6.07) is 8.25. The van der Waals surface area contributed by atoms with Crippen LogP contribution in [0.3, 0.4) is 0 Å². The van der Waals surface area contributed by atoms with E-state index in [1.54, 1.807) is 0 Å². The van der Waals surface area contributed by atoms with Crippen molar-refractivity contribution in [3.63, 3.8) is 0 Å². The van der Waals surface area contributed by atoms with E-state index < -0.39 is 0 Å². The smallest absolute Gasteiger partial charge is 0.230 e. The van der Waals surface area contributed by atoms with Crippen molar-refractivity contribution in [2.24, 2.45) is 5.92 Å². The number of alkyl halides is 1. The molecule has 0 N–H and O–H groups in total. The van der Waals surface area contributed by atoms with Crippen LogP contribution in [-0.2, 0) is 11.2 Å². The van der Waals surface area contributed by atoms with Crippen molar-refractivity contribution in [2.45, 2.75) is 30.6 Å². The zero-order chi connectivity index (χ0) is 12.7. The Balaban J connectivity index is 1.59. The topological polar surface area (TPSA) is 20.3 Å². The highest BCUT2D eigenvalue weighted by atomic mass is 35.5. The molecule has 1 saturated carbocycles. The summed E-state index contributed by atoms with van der Waals surface area (Å²) in [6.45, 7) is 0.862. The fourth-order valence-electron chi connectivity index (χ4n) is 3.03. The Bertz CT molecular complexity index is 467. The summed E-state index contributed by atoms with van der Waals surface area (Å²) < 4.78 is 0. The Hall–Kier alpha value is -1.02. The average molecular weight is 264 g/mol. The highest BCUT2D eigenvalue weighted by molar-refractivity contribution is 6.21.